The van der Waals surface area contributed by atoms with Crippen molar-refractivity contribution in [2.75, 3.05) is 19.0 Å². The smallest absolute Gasteiger partial charge is 0.220 e. The number of carbonyl (C=O) groups excluding carboxylic acids is 1. The Kier molecular flexibility index (Phi) is 8.18. The topological polar surface area (TPSA) is 38.3 Å². The van der Waals surface area contributed by atoms with Crippen LogP contribution in [0.5, 0.6) is 0 Å². The number of ether oxygens (including phenoxy) is 1. The molecule has 0 fully saturated rings. The molecule has 0 aromatic rings. The van der Waals surface area contributed by atoms with Gasteiger partial charge in [0.05, 0.1) is 12.6 Å². The van der Waals surface area contributed by atoms with Crippen LogP contribution in [0, 0.1) is 5.92 Å². The molecule has 1 amide bonds. The lowest BCUT2D eigenvalue weighted by Gasteiger charge is -2.16. The zero-order chi connectivity index (χ0) is 11.0. The van der Waals surface area contributed by atoms with Gasteiger partial charge in [0.1, 0.15) is 0 Å². The number of alkyl halides is 1. The van der Waals surface area contributed by atoms with E-state index in [4.69, 9.17) is 4.74 Å². The first-order valence-corrected chi connectivity index (χ1v) is 6.10. The van der Waals surface area contributed by atoms with E-state index in [0.717, 1.165) is 11.8 Å². The third-order valence-corrected chi connectivity index (χ3v) is 2.93. The van der Waals surface area contributed by atoms with Crippen LogP contribution in [0.3, 0.4) is 0 Å². The van der Waals surface area contributed by atoms with Gasteiger partial charge < -0.3 is 10.1 Å². The molecule has 2 atom stereocenters. The van der Waals surface area contributed by atoms with Gasteiger partial charge >= 0.3 is 0 Å². The number of carbonyl (C=O) groups is 1. The van der Waals surface area contributed by atoms with Crippen molar-refractivity contribution in [3.8, 4) is 0 Å². The van der Waals surface area contributed by atoms with E-state index >= 15 is 0 Å². The Balaban J connectivity index is 3.78. The molecule has 0 aliphatic heterocycles. The van der Waals surface area contributed by atoms with Crippen LogP contribution in [0.1, 0.15) is 26.7 Å². The highest BCUT2D eigenvalue weighted by molar-refractivity contribution is 9.09. The standard InChI is InChI=1S/C10H20BrNO2/c1-4-8(2)5-10(13)12-9(6-11)7-14-3/h8-9H,4-7H2,1-3H3,(H,12,13). The Morgan fingerprint density at radius 2 is 2.21 bits per heavy atom. The van der Waals surface area contributed by atoms with E-state index < -0.39 is 0 Å². The lowest BCUT2D eigenvalue weighted by Crippen LogP contribution is -2.39. The first-order chi connectivity index (χ1) is 6.63. The summed E-state index contributed by atoms with van der Waals surface area (Å²) in [7, 11) is 1.64. The number of amides is 1. The van der Waals surface area contributed by atoms with Gasteiger partial charge in [0.15, 0.2) is 0 Å². The van der Waals surface area contributed by atoms with E-state index in [1.165, 1.54) is 0 Å². The Hall–Kier alpha value is -0.0900. The Bertz CT molecular complexity index is 164. The predicted octanol–water partition coefficient (Wildman–Crippen LogP) is 1.95. The Morgan fingerprint density at radius 3 is 2.64 bits per heavy atom. The molecule has 0 heterocycles. The minimum Gasteiger partial charge on any atom is -0.383 e. The quantitative estimate of drug-likeness (QED) is 0.715. The second-order valence-electron chi connectivity index (χ2n) is 3.59. The van der Waals surface area contributed by atoms with Crippen molar-refractivity contribution in [2.24, 2.45) is 5.92 Å². The summed E-state index contributed by atoms with van der Waals surface area (Å²) in [5.41, 5.74) is 0. The molecule has 0 bridgehead atoms. The molecule has 0 aromatic carbocycles. The maximum absolute atomic E-state index is 11.5. The van der Waals surface area contributed by atoms with Crippen molar-refractivity contribution >= 4 is 21.8 Å². The number of hydrogen-bond donors (Lipinski definition) is 1. The number of halogens is 1. The fourth-order valence-corrected chi connectivity index (χ4v) is 1.42. The van der Waals surface area contributed by atoms with Crippen LogP contribution in [0.15, 0.2) is 0 Å². The van der Waals surface area contributed by atoms with E-state index in [1.54, 1.807) is 7.11 Å². The van der Waals surface area contributed by atoms with Crippen LogP contribution >= 0.6 is 15.9 Å². The van der Waals surface area contributed by atoms with Gasteiger partial charge in [0.25, 0.3) is 0 Å². The summed E-state index contributed by atoms with van der Waals surface area (Å²) >= 11 is 3.33. The summed E-state index contributed by atoms with van der Waals surface area (Å²) in [6, 6.07) is 0.0801. The van der Waals surface area contributed by atoms with Gasteiger partial charge in [0.2, 0.25) is 5.91 Å². The molecule has 0 radical (unpaired) electrons. The molecule has 0 aliphatic carbocycles. The SMILES string of the molecule is CCC(C)CC(=O)NC(CBr)COC. The largest absolute Gasteiger partial charge is 0.383 e. The van der Waals surface area contributed by atoms with Crippen molar-refractivity contribution in [1.29, 1.82) is 0 Å². The van der Waals surface area contributed by atoms with E-state index in [1.807, 2.05) is 0 Å². The zero-order valence-corrected chi connectivity index (χ0v) is 10.8. The highest BCUT2D eigenvalue weighted by Gasteiger charge is 2.12. The normalized spacial score (nSPS) is 14.9. The van der Waals surface area contributed by atoms with Gasteiger partial charge in [-0.3, -0.25) is 4.79 Å². The third-order valence-electron chi connectivity index (χ3n) is 2.15. The summed E-state index contributed by atoms with van der Waals surface area (Å²) in [5, 5.41) is 3.65. The molecule has 1 N–H and O–H groups in total. The zero-order valence-electron chi connectivity index (χ0n) is 9.18. The molecule has 0 spiro atoms. The monoisotopic (exact) mass is 265 g/mol. The second kappa shape index (κ2) is 8.24. The van der Waals surface area contributed by atoms with E-state index in [-0.39, 0.29) is 11.9 Å². The molecule has 2 unspecified atom stereocenters. The van der Waals surface area contributed by atoms with Crippen LogP contribution in [-0.4, -0.2) is 31.0 Å². The maximum Gasteiger partial charge on any atom is 0.220 e. The van der Waals surface area contributed by atoms with Crippen LogP contribution in [0.25, 0.3) is 0 Å². The minimum atomic E-state index is 0.0801. The molecule has 3 nitrogen and oxygen atoms in total. The van der Waals surface area contributed by atoms with Gasteiger partial charge in [-0.1, -0.05) is 36.2 Å². The molecule has 0 saturated heterocycles. The van der Waals surface area contributed by atoms with Crippen LogP contribution in [0.2, 0.25) is 0 Å². The van der Waals surface area contributed by atoms with Gasteiger partial charge in [-0.2, -0.15) is 0 Å². The molecule has 4 heteroatoms. The van der Waals surface area contributed by atoms with Gasteiger partial charge in [-0.05, 0) is 5.92 Å². The highest BCUT2D eigenvalue weighted by atomic mass is 79.9. The van der Waals surface area contributed by atoms with Gasteiger partial charge in [0, 0.05) is 18.9 Å². The van der Waals surface area contributed by atoms with Crippen LogP contribution in [0.4, 0.5) is 0 Å². The summed E-state index contributed by atoms with van der Waals surface area (Å²) in [5.74, 6) is 0.564. The fraction of sp³-hybridized carbons (Fsp3) is 0.900. The average Bonchev–Trinajstić information content (AvgIpc) is 2.16. The number of nitrogens with one attached hydrogen (secondary N) is 1. The van der Waals surface area contributed by atoms with E-state index in [0.29, 0.717) is 18.9 Å². The van der Waals surface area contributed by atoms with Crippen molar-refractivity contribution < 1.29 is 9.53 Å². The summed E-state index contributed by atoms with van der Waals surface area (Å²) in [6.07, 6.45) is 1.64. The highest BCUT2D eigenvalue weighted by Crippen LogP contribution is 2.06. The fourth-order valence-electron chi connectivity index (χ4n) is 1.07. The van der Waals surface area contributed by atoms with Crippen molar-refractivity contribution in [1.82, 2.24) is 5.32 Å². The molecule has 0 aromatic heterocycles. The van der Waals surface area contributed by atoms with Crippen LogP contribution < -0.4 is 5.32 Å². The molecule has 0 aliphatic rings. The molecular weight excluding hydrogens is 246 g/mol. The third kappa shape index (κ3) is 6.38. The van der Waals surface area contributed by atoms with Crippen molar-refractivity contribution in [3.05, 3.63) is 0 Å². The van der Waals surface area contributed by atoms with Crippen LogP contribution in [-0.2, 0) is 9.53 Å². The summed E-state index contributed by atoms with van der Waals surface area (Å²) < 4.78 is 4.98. The molecule has 14 heavy (non-hydrogen) atoms. The summed E-state index contributed by atoms with van der Waals surface area (Å²) in [6.45, 7) is 4.73. The maximum atomic E-state index is 11.5. The predicted molar refractivity (Wildman–Crippen MR) is 61.7 cm³/mol. The summed E-state index contributed by atoms with van der Waals surface area (Å²) in [4.78, 5) is 11.5. The minimum absolute atomic E-state index is 0.0801. The lowest BCUT2D eigenvalue weighted by atomic mass is 10.0. The molecule has 0 saturated carbocycles. The number of rotatable bonds is 7. The molecule has 0 rings (SSSR count). The molecule has 84 valence electrons. The van der Waals surface area contributed by atoms with Gasteiger partial charge in [-0.15, -0.1) is 0 Å². The first kappa shape index (κ1) is 13.9. The average molecular weight is 266 g/mol. The first-order valence-electron chi connectivity index (χ1n) is 4.98. The van der Waals surface area contributed by atoms with Crippen molar-refractivity contribution in [3.63, 3.8) is 0 Å². The molecular formula is C10H20BrNO2. The number of methoxy groups -OCH3 is 1. The Labute approximate surface area is 94.7 Å². The second-order valence-corrected chi connectivity index (χ2v) is 4.24. The lowest BCUT2D eigenvalue weighted by molar-refractivity contribution is -0.122. The van der Waals surface area contributed by atoms with E-state index in [2.05, 4.69) is 35.1 Å². The van der Waals surface area contributed by atoms with E-state index in [9.17, 15) is 4.79 Å². The van der Waals surface area contributed by atoms with Crippen molar-refractivity contribution in [2.45, 2.75) is 32.7 Å². The van der Waals surface area contributed by atoms with Gasteiger partial charge in [-0.25, -0.2) is 0 Å². The Morgan fingerprint density at radius 1 is 1.57 bits per heavy atom. The number of hydrogen-bond acceptors (Lipinski definition) is 2.